The third-order valence-electron chi connectivity index (χ3n) is 4.47. The van der Waals surface area contributed by atoms with Crippen molar-refractivity contribution in [1.29, 1.82) is 0 Å². The summed E-state index contributed by atoms with van der Waals surface area (Å²) in [5.74, 6) is 4.31. The van der Waals surface area contributed by atoms with Crippen molar-refractivity contribution in [3.05, 3.63) is 29.3 Å². The van der Waals surface area contributed by atoms with Crippen molar-refractivity contribution in [2.75, 3.05) is 44.4 Å². The molecule has 1 aromatic carbocycles. The van der Waals surface area contributed by atoms with E-state index in [1.807, 2.05) is 11.8 Å². The first-order chi connectivity index (χ1) is 11.7. The first-order valence-corrected chi connectivity index (χ1v) is 9.80. The van der Waals surface area contributed by atoms with Gasteiger partial charge in [-0.1, -0.05) is 12.1 Å². The molecule has 25 heavy (non-hydrogen) atoms. The van der Waals surface area contributed by atoms with Gasteiger partial charge < -0.3 is 20.1 Å². The van der Waals surface area contributed by atoms with Crippen molar-refractivity contribution < 1.29 is 9.47 Å². The number of ether oxygens (including phenoxy) is 2. The number of nitrogens with two attached hydrogens (primary N) is 1. The number of halogens is 1. The number of rotatable bonds is 5. The van der Waals surface area contributed by atoms with Gasteiger partial charge in [0, 0.05) is 42.7 Å². The third kappa shape index (κ3) is 6.21. The molecule has 2 aliphatic heterocycles. The minimum atomic E-state index is 0. The summed E-state index contributed by atoms with van der Waals surface area (Å²) in [5, 5.41) is 0. The van der Waals surface area contributed by atoms with E-state index in [-0.39, 0.29) is 24.0 Å². The molecule has 0 radical (unpaired) electrons. The Balaban J connectivity index is 0.00000225. The first-order valence-electron chi connectivity index (χ1n) is 8.65. The van der Waals surface area contributed by atoms with Crippen molar-refractivity contribution in [1.82, 2.24) is 4.90 Å². The molecule has 2 heterocycles. The standard InChI is InChI=1S/C18H27N3O2S.HI/c1-14-2-3-16(11-20-18(19)21-5-8-24-9-6-21)17(10-14)23-13-15-4-7-22-12-15;/h2-3,10,15H,4-9,11-13H2,1H3,(H2,19,20);1H. The van der Waals surface area contributed by atoms with Crippen LogP contribution in [0.5, 0.6) is 5.75 Å². The molecule has 2 saturated heterocycles. The number of thioether (sulfide) groups is 1. The van der Waals surface area contributed by atoms with Gasteiger partial charge in [0.05, 0.1) is 19.8 Å². The van der Waals surface area contributed by atoms with Crippen LogP contribution in [-0.2, 0) is 11.3 Å². The van der Waals surface area contributed by atoms with Crippen LogP contribution in [0.3, 0.4) is 0 Å². The maximum absolute atomic E-state index is 6.16. The van der Waals surface area contributed by atoms with E-state index in [1.165, 1.54) is 5.56 Å². The average molecular weight is 477 g/mol. The summed E-state index contributed by atoms with van der Waals surface area (Å²) in [6.45, 7) is 6.98. The van der Waals surface area contributed by atoms with Crippen molar-refractivity contribution in [2.24, 2.45) is 16.6 Å². The van der Waals surface area contributed by atoms with E-state index in [0.29, 0.717) is 25.0 Å². The Kier molecular flexibility index (Phi) is 8.65. The van der Waals surface area contributed by atoms with Crippen LogP contribution in [0.4, 0.5) is 0 Å². The van der Waals surface area contributed by atoms with Crippen molar-refractivity contribution in [3.63, 3.8) is 0 Å². The van der Waals surface area contributed by atoms with Gasteiger partial charge in [0.2, 0.25) is 0 Å². The van der Waals surface area contributed by atoms with Gasteiger partial charge in [-0.3, -0.25) is 0 Å². The molecular weight excluding hydrogens is 449 g/mol. The van der Waals surface area contributed by atoms with Crippen molar-refractivity contribution >= 4 is 41.7 Å². The highest BCUT2D eigenvalue weighted by molar-refractivity contribution is 14.0. The maximum atomic E-state index is 6.16. The second kappa shape index (κ2) is 10.5. The number of benzene rings is 1. The Labute approximate surface area is 171 Å². The molecule has 1 unspecified atom stereocenters. The van der Waals surface area contributed by atoms with Gasteiger partial charge in [-0.15, -0.1) is 24.0 Å². The number of hydrogen-bond donors (Lipinski definition) is 1. The summed E-state index contributed by atoms with van der Waals surface area (Å²) in [7, 11) is 0. The van der Waals surface area contributed by atoms with Gasteiger partial charge in [-0.2, -0.15) is 11.8 Å². The largest absolute Gasteiger partial charge is 0.493 e. The molecule has 7 heteroatoms. The third-order valence-corrected chi connectivity index (χ3v) is 5.41. The lowest BCUT2D eigenvalue weighted by Crippen LogP contribution is -2.42. The van der Waals surface area contributed by atoms with Crippen LogP contribution in [0, 0.1) is 12.8 Å². The van der Waals surface area contributed by atoms with Gasteiger partial charge >= 0.3 is 0 Å². The van der Waals surface area contributed by atoms with E-state index >= 15 is 0 Å². The van der Waals surface area contributed by atoms with Gasteiger partial charge in [0.1, 0.15) is 5.75 Å². The predicted octanol–water partition coefficient (Wildman–Crippen LogP) is 2.89. The summed E-state index contributed by atoms with van der Waals surface area (Å²) < 4.78 is 11.5. The summed E-state index contributed by atoms with van der Waals surface area (Å²) in [6.07, 6.45) is 1.08. The Morgan fingerprint density at radius 3 is 2.92 bits per heavy atom. The quantitative estimate of drug-likeness (QED) is 0.402. The molecule has 0 aromatic heterocycles. The number of hydrogen-bond acceptors (Lipinski definition) is 4. The Bertz CT molecular complexity index is 573. The van der Waals surface area contributed by atoms with Gasteiger partial charge in [0.25, 0.3) is 0 Å². The number of aliphatic imine (C=N–C) groups is 1. The van der Waals surface area contributed by atoms with E-state index in [9.17, 15) is 0 Å². The molecule has 140 valence electrons. The second-order valence-electron chi connectivity index (χ2n) is 6.43. The fraction of sp³-hybridized carbons (Fsp3) is 0.611. The molecule has 2 N–H and O–H groups in total. The average Bonchev–Trinajstić information content (AvgIpc) is 3.13. The minimum Gasteiger partial charge on any atom is -0.493 e. The molecule has 1 aromatic rings. The fourth-order valence-corrected chi connectivity index (χ4v) is 3.81. The zero-order chi connectivity index (χ0) is 16.8. The van der Waals surface area contributed by atoms with Crippen molar-refractivity contribution in [3.8, 4) is 5.75 Å². The lowest BCUT2D eigenvalue weighted by atomic mass is 10.1. The normalized spacial score (nSPS) is 21.1. The van der Waals surface area contributed by atoms with Gasteiger partial charge in [-0.25, -0.2) is 4.99 Å². The molecular formula is C18H28IN3O2S. The van der Waals surface area contributed by atoms with E-state index in [2.05, 4.69) is 35.0 Å². The number of nitrogens with zero attached hydrogens (tertiary/aromatic N) is 2. The molecule has 3 rings (SSSR count). The van der Waals surface area contributed by atoms with E-state index in [1.54, 1.807) is 0 Å². The van der Waals surface area contributed by atoms with Crippen LogP contribution in [0.15, 0.2) is 23.2 Å². The lowest BCUT2D eigenvalue weighted by molar-refractivity contribution is 0.166. The zero-order valence-corrected chi connectivity index (χ0v) is 17.9. The molecule has 2 aliphatic rings. The monoisotopic (exact) mass is 477 g/mol. The smallest absolute Gasteiger partial charge is 0.191 e. The van der Waals surface area contributed by atoms with Gasteiger partial charge in [0.15, 0.2) is 5.96 Å². The van der Waals surface area contributed by atoms with Crippen LogP contribution in [0.1, 0.15) is 17.5 Å². The lowest BCUT2D eigenvalue weighted by Gasteiger charge is -2.27. The van der Waals surface area contributed by atoms with Gasteiger partial charge in [-0.05, 0) is 25.0 Å². The molecule has 1 atom stereocenters. The second-order valence-corrected chi connectivity index (χ2v) is 7.65. The fourth-order valence-electron chi connectivity index (χ4n) is 2.91. The summed E-state index contributed by atoms with van der Waals surface area (Å²) in [4.78, 5) is 6.76. The molecule has 5 nitrogen and oxygen atoms in total. The SMILES string of the molecule is Cc1ccc(CN=C(N)N2CCSCC2)c(OCC2CCOC2)c1.I. The van der Waals surface area contributed by atoms with Crippen LogP contribution < -0.4 is 10.5 Å². The minimum absolute atomic E-state index is 0. The molecule has 0 bridgehead atoms. The summed E-state index contributed by atoms with van der Waals surface area (Å²) >= 11 is 1.97. The van der Waals surface area contributed by atoms with Crippen LogP contribution >= 0.6 is 35.7 Å². The van der Waals surface area contributed by atoms with Crippen LogP contribution in [0.2, 0.25) is 0 Å². The van der Waals surface area contributed by atoms with E-state index < -0.39 is 0 Å². The highest BCUT2D eigenvalue weighted by Crippen LogP contribution is 2.23. The summed E-state index contributed by atoms with van der Waals surface area (Å²) in [5.41, 5.74) is 8.45. The van der Waals surface area contributed by atoms with E-state index in [4.69, 9.17) is 15.2 Å². The molecule has 0 spiro atoms. The highest BCUT2D eigenvalue weighted by Gasteiger charge is 2.17. The molecule has 2 fully saturated rings. The molecule has 0 aliphatic carbocycles. The Morgan fingerprint density at radius 1 is 1.40 bits per heavy atom. The number of aryl methyl sites for hydroxylation is 1. The first kappa shape index (κ1) is 20.6. The maximum Gasteiger partial charge on any atom is 0.191 e. The van der Waals surface area contributed by atoms with Crippen LogP contribution in [0.25, 0.3) is 0 Å². The Hall–Kier alpha value is -0.670. The van der Waals surface area contributed by atoms with E-state index in [0.717, 1.165) is 55.5 Å². The predicted molar refractivity (Wildman–Crippen MR) is 115 cm³/mol. The van der Waals surface area contributed by atoms with Crippen molar-refractivity contribution in [2.45, 2.75) is 19.9 Å². The zero-order valence-electron chi connectivity index (χ0n) is 14.8. The molecule has 0 amide bonds. The topological polar surface area (TPSA) is 60.1 Å². The summed E-state index contributed by atoms with van der Waals surface area (Å²) in [6, 6.07) is 6.29. The Morgan fingerprint density at radius 2 is 2.20 bits per heavy atom. The van der Waals surface area contributed by atoms with Crippen LogP contribution in [-0.4, -0.2) is 55.3 Å². The molecule has 0 saturated carbocycles. The number of guanidine groups is 1. The highest BCUT2D eigenvalue weighted by atomic mass is 127.